The molecule has 8 aromatic carbocycles. The van der Waals surface area contributed by atoms with Gasteiger partial charge in [0.05, 0.1) is 11.4 Å². The lowest BCUT2D eigenvalue weighted by Gasteiger charge is -2.29. The van der Waals surface area contributed by atoms with Gasteiger partial charge in [-0.1, -0.05) is 170 Å². The second-order valence-electron chi connectivity index (χ2n) is 11.7. The molecule has 0 aliphatic heterocycles. The molecule has 0 aliphatic carbocycles. The van der Waals surface area contributed by atoms with Gasteiger partial charge in [-0.05, 0) is 74.7 Å². The fourth-order valence-electron chi connectivity index (χ4n) is 6.68. The zero-order valence-corrected chi connectivity index (χ0v) is 26.0. The second-order valence-corrected chi connectivity index (χ2v) is 11.7. The van der Waals surface area contributed by atoms with Crippen LogP contribution in [0.25, 0.3) is 55.3 Å². The van der Waals surface area contributed by atoms with E-state index in [9.17, 15) is 0 Å². The normalized spacial score (nSPS) is 11.0. The lowest BCUT2D eigenvalue weighted by atomic mass is 9.87. The maximum Gasteiger partial charge on any atom is 0.0540 e. The van der Waals surface area contributed by atoms with Gasteiger partial charge in [0.1, 0.15) is 0 Å². The van der Waals surface area contributed by atoms with Crippen LogP contribution in [-0.4, -0.2) is 0 Å². The average Bonchev–Trinajstić information content (AvgIpc) is 3.16. The second kappa shape index (κ2) is 12.7. The molecule has 47 heavy (non-hydrogen) atoms. The first kappa shape index (κ1) is 28.3. The Bertz CT molecular complexity index is 2280. The van der Waals surface area contributed by atoms with Crippen molar-refractivity contribution in [2.75, 3.05) is 4.90 Å². The molecule has 0 bridgehead atoms. The summed E-state index contributed by atoms with van der Waals surface area (Å²) in [6.07, 6.45) is 0. The van der Waals surface area contributed by atoms with Crippen LogP contribution in [0.15, 0.2) is 200 Å². The minimum atomic E-state index is 1.12. The molecule has 0 amide bonds. The molecule has 0 heterocycles. The Morgan fingerprint density at radius 3 is 1.55 bits per heavy atom. The number of hydrogen-bond donors (Lipinski definition) is 0. The summed E-state index contributed by atoms with van der Waals surface area (Å²) in [4.78, 5) is 2.41. The average molecular weight is 600 g/mol. The van der Waals surface area contributed by atoms with Crippen LogP contribution in [0, 0.1) is 0 Å². The summed E-state index contributed by atoms with van der Waals surface area (Å²) in [5.74, 6) is 0. The van der Waals surface area contributed by atoms with E-state index in [1.165, 1.54) is 55.3 Å². The van der Waals surface area contributed by atoms with Crippen molar-refractivity contribution in [3.05, 3.63) is 200 Å². The number of nitrogens with zero attached hydrogens (tertiary/aromatic N) is 1. The van der Waals surface area contributed by atoms with Crippen LogP contribution in [0.5, 0.6) is 0 Å². The smallest absolute Gasteiger partial charge is 0.0540 e. The predicted octanol–water partition coefficient (Wildman–Crippen LogP) is 13.0. The van der Waals surface area contributed by atoms with Crippen LogP contribution in [0.1, 0.15) is 0 Å². The Kier molecular flexibility index (Phi) is 7.63. The van der Waals surface area contributed by atoms with Gasteiger partial charge in [0, 0.05) is 16.6 Å². The topological polar surface area (TPSA) is 3.24 Å². The molecule has 0 radical (unpaired) electrons. The first-order valence-corrected chi connectivity index (χ1v) is 16.1. The van der Waals surface area contributed by atoms with Gasteiger partial charge in [0.2, 0.25) is 0 Å². The number of anilines is 3. The number of hydrogen-bond acceptors (Lipinski definition) is 1. The zero-order valence-electron chi connectivity index (χ0n) is 26.0. The molecule has 0 saturated carbocycles. The SMILES string of the molecule is c1ccc(-c2ccc(-c3ccccc3)c(-c3ccccc3-c3ccccc3N(c3ccccc3)c3cccc4ccccc34)c2)cc1. The van der Waals surface area contributed by atoms with Crippen LogP contribution in [-0.2, 0) is 0 Å². The molecule has 0 spiro atoms. The molecule has 1 nitrogen and oxygen atoms in total. The third-order valence-corrected chi connectivity index (χ3v) is 8.89. The summed E-state index contributed by atoms with van der Waals surface area (Å²) in [6, 6.07) is 71.9. The monoisotopic (exact) mass is 599 g/mol. The number of rotatable bonds is 7. The maximum absolute atomic E-state index is 2.41. The van der Waals surface area contributed by atoms with Gasteiger partial charge in [-0.15, -0.1) is 0 Å². The van der Waals surface area contributed by atoms with Gasteiger partial charge in [-0.3, -0.25) is 0 Å². The molecule has 1 heteroatoms. The van der Waals surface area contributed by atoms with E-state index in [0.717, 1.165) is 17.1 Å². The van der Waals surface area contributed by atoms with E-state index in [0.29, 0.717) is 0 Å². The largest absolute Gasteiger partial charge is 0.309 e. The fraction of sp³-hybridized carbons (Fsp3) is 0. The highest BCUT2D eigenvalue weighted by Gasteiger charge is 2.21. The lowest BCUT2D eigenvalue weighted by molar-refractivity contribution is 1.30. The molecule has 0 N–H and O–H groups in total. The fourth-order valence-corrected chi connectivity index (χ4v) is 6.68. The Morgan fingerprint density at radius 1 is 0.277 bits per heavy atom. The molecular weight excluding hydrogens is 567 g/mol. The Morgan fingerprint density at radius 2 is 0.809 bits per heavy atom. The van der Waals surface area contributed by atoms with Gasteiger partial charge in [-0.25, -0.2) is 0 Å². The molecular formula is C46H33N. The van der Waals surface area contributed by atoms with Gasteiger partial charge in [0.15, 0.2) is 0 Å². The van der Waals surface area contributed by atoms with Crippen LogP contribution < -0.4 is 4.90 Å². The summed E-state index contributed by atoms with van der Waals surface area (Å²) in [5, 5.41) is 2.43. The van der Waals surface area contributed by atoms with Crippen LogP contribution in [0.4, 0.5) is 17.1 Å². The zero-order chi connectivity index (χ0) is 31.4. The van der Waals surface area contributed by atoms with Crippen molar-refractivity contribution in [2.45, 2.75) is 0 Å². The van der Waals surface area contributed by atoms with Gasteiger partial charge in [0.25, 0.3) is 0 Å². The molecule has 0 aliphatic rings. The molecule has 222 valence electrons. The third kappa shape index (κ3) is 5.49. The van der Waals surface area contributed by atoms with E-state index in [4.69, 9.17) is 0 Å². The number of para-hydroxylation sites is 2. The van der Waals surface area contributed by atoms with Crippen molar-refractivity contribution < 1.29 is 0 Å². The Hall–Kier alpha value is -6.18. The van der Waals surface area contributed by atoms with Crippen molar-refractivity contribution in [1.29, 1.82) is 0 Å². The van der Waals surface area contributed by atoms with E-state index in [2.05, 4.69) is 205 Å². The Labute approximate surface area is 276 Å². The highest BCUT2D eigenvalue weighted by molar-refractivity contribution is 6.03. The minimum Gasteiger partial charge on any atom is -0.309 e. The van der Waals surface area contributed by atoms with E-state index >= 15 is 0 Å². The van der Waals surface area contributed by atoms with E-state index in [1.54, 1.807) is 0 Å². The summed E-state index contributed by atoms with van der Waals surface area (Å²) < 4.78 is 0. The van der Waals surface area contributed by atoms with E-state index < -0.39 is 0 Å². The summed E-state index contributed by atoms with van der Waals surface area (Å²) in [7, 11) is 0. The summed E-state index contributed by atoms with van der Waals surface area (Å²) >= 11 is 0. The molecule has 0 aromatic heterocycles. The highest BCUT2D eigenvalue weighted by Crippen LogP contribution is 2.47. The van der Waals surface area contributed by atoms with Gasteiger partial charge < -0.3 is 4.90 Å². The van der Waals surface area contributed by atoms with Gasteiger partial charge in [-0.2, -0.15) is 0 Å². The third-order valence-electron chi connectivity index (χ3n) is 8.89. The lowest BCUT2D eigenvalue weighted by Crippen LogP contribution is -2.11. The molecule has 8 rings (SSSR count). The molecule has 0 fully saturated rings. The molecule has 8 aromatic rings. The van der Waals surface area contributed by atoms with Crippen molar-refractivity contribution in [3.63, 3.8) is 0 Å². The first-order chi connectivity index (χ1) is 23.3. The standard InChI is InChI=1S/C46H33N/c1-4-17-34(18-5-1)37-31-32-39(35-19-6-2-7-20-35)44(33-37)42-27-13-12-26-41(42)43-28-14-15-29-46(43)47(38-23-8-3-9-24-38)45-30-16-22-36-21-10-11-25-40(36)45/h1-33H. The first-order valence-electron chi connectivity index (χ1n) is 16.1. The number of benzene rings is 8. The van der Waals surface area contributed by atoms with Crippen molar-refractivity contribution in [3.8, 4) is 44.5 Å². The number of fused-ring (bicyclic) bond motifs is 1. The van der Waals surface area contributed by atoms with Crippen LogP contribution in [0.2, 0.25) is 0 Å². The van der Waals surface area contributed by atoms with Crippen molar-refractivity contribution in [2.24, 2.45) is 0 Å². The van der Waals surface area contributed by atoms with Gasteiger partial charge >= 0.3 is 0 Å². The molecule has 0 saturated heterocycles. The molecule has 0 unspecified atom stereocenters. The highest BCUT2D eigenvalue weighted by atomic mass is 15.1. The van der Waals surface area contributed by atoms with Crippen molar-refractivity contribution in [1.82, 2.24) is 0 Å². The molecule has 0 atom stereocenters. The summed E-state index contributed by atoms with van der Waals surface area (Å²) in [6.45, 7) is 0. The van der Waals surface area contributed by atoms with E-state index in [1.807, 2.05) is 0 Å². The predicted molar refractivity (Wildman–Crippen MR) is 200 cm³/mol. The van der Waals surface area contributed by atoms with Crippen LogP contribution in [0.3, 0.4) is 0 Å². The quantitative estimate of drug-likeness (QED) is 0.176. The van der Waals surface area contributed by atoms with E-state index in [-0.39, 0.29) is 0 Å². The van der Waals surface area contributed by atoms with Crippen molar-refractivity contribution >= 4 is 27.8 Å². The maximum atomic E-state index is 2.41. The van der Waals surface area contributed by atoms with Crippen LogP contribution >= 0.6 is 0 Å². The summed E-state index contributed by atoms with van der Waals surface area (Å²) in [5.41, 5.74) is 13.0. The Balaban J connectivity index is 1.38. The minimum absolute atomic E-state index is 1.12.